The molecule has 0 unspecified atom stereocenters. The summed E-state index contributed by atoms with van der Waals surface area (Å²) in [6.45, 7) is 3.86. The molecule has 3 aromatic rings. The van der Waals surface area contributed by atoms with Crippen molar-refractivity contribution in [3.63, 3.8) is 0 Å². The van der Waals surface area contributed by atoms with Crippen molar-refractivity contribution in [1.29, 1.82) is 0 Å². The molecule has 9 heteroatoms. The lowest BCUT2D eigenvalue weighted by Gasteiger charge is -2.07. The van der Waals surface area contributed by atoms with Crippen LogP contribution < -0.4 is 10.9 Å². The van der Waals surface area contributed by atoms with E-state index in [-0.39, 0.29) is 17.2 Å². The Morgan fingerprint density at radius 2 is 2.12 bits per heavy atom. The molecule has 2 N–H and O–H groups in total. The van der Waals surface area contributed by atoms with Gasteiger partial charge in [0.1, 0.15) is 4.83 Å². The maximum absolute atomic E-state index is 12.2. The third-order valence-electron chi connectivity index (χ3n) is 3.56. The van der Waals surface area contributed by atoms with E-state index in [0.717, 1.165) is 22.2 Å². The Hall–Kier alpha value is -1.54. The van der Waals surface area contributed by atoms with Gasteiger partial charge in [0.05, 0.1) is 21.8 Å². The number of thioether (sulfide) groups is 1. The van der Waals surface area contributed by atoms with Crippen LogP contribution in [0.3, 0.4) is 0 Å². The zero-order chi connectivity index (χ0) is 18.1. The van der Waals surface area contributed by atoms with Crippen molar-refractivity contribution in [3.05, 3.63) is 49.0 Å². The van der Waals surface area contributed by atoms with Crippen LogP contribution >= 0.6 is 46.3 Å². The van der Waals surface area contributed by atoms with Crippen LogP contribution in [0.1, 0.15) is 10.4 Å². The summed E-state index contributed by atoms with van der Waals surface area (Å²) in [6, 6.07) is 4.83. The van der Waals surface area contributed by atoms with Crippen molar-refractivity contribution in [2.24, 2.45) is 0 Å². The number of hydrogen-bond donors (Lipinski definition) is 2. The molecule has 0 radical (unpaired) electrons. The van der Waals surface area contributed by atoms with Crippen molar-refractivity contribution >= 4 is 68.1 Å². The van der Waals surface area contributed by atoms with Crippen LogP contribution in [0.25, 0.3) is 10.2 Å². The normalized spacial score (nSPS) is 11.0. The van der Waals surface area contributed by atoms with E-state index in [2.05, 4.69) is 15.3 Å². The molecule has 1 amide bonds. The summed E-state index contributed by atoms with van der Waals surface area (Å²) in [6.07, 6.45) is 0. The van der Waals surface area contributed by atoms with E-state index < -0.39 is 0 Å². The van der Waals surface area contributed by atoms with Gasteiger partial charge in [0.2, 0.25) is 5.91 Å². The van der Waals surface area contributed by atoms with Crippen molar-refractivity contribution in [2.45, 2.75) is 19.0 Å². The van der Waals surface area contributed by atoms with Gasteiger partial charge in [-0.25, -0.2) is 4.98 Å². The fraction of sp³-hybridized carbons (Fsp3) is 0.188. The summed E-state index contributed by atoms with van der Waals surface area (Å²) in [4.78, 5) is 33.2. The first-order valence-electron chi connectivity index (χ1n) is 7.23. The predicted molar refractivity (Wildman–Crippen MR) is 106 cm³/mol. The van der Waals surface area contributed by atoms with Gasteiger partial charge < -0.3 is 10.3 Å². The van der Waals surface area contributed by atoms with E-state index in [1.165, 1.54) is 11.3 Å². The third-order valence-corrected chi connectivity index (χ3v) is 6.08. The lowest BCUT2D eigenvalue weighted by molar-refractivity contribution is -0.113. The average molecular weight is 414 g/mol. The number of aryl methyl sites for hydroxylation is 2. The van der Waals surface area contributed by atoms with Crippen molar-refractivity contribution < 1.29 is 4.79 Å². The first kappa shape index (κ1) is 18.3. The molecule has 3 rings (SSSR count). The number of aromatic amines is 1. The highest BCUT2D eigenvalue weighted by Crippen LogP contribution is 2.28. The molecule has 0 aliphatic carbocycles. The molecule has 0 aliphatic rings. The van der Waals surface area contributed by atoms with Crippen molar-refractivity contribution in [1.82, 2.24) is 9.97 Å². The molecule has 130 valence electrons. The largest absolute Gasteiger partial charge is 0.324 e. The summed E-state index contributed by atoms with van der Waals surface area (Å²) < 4.78 is 0. The molecule has 0 saturated heterocycles. The van der Waals surface area contributed by atoms with Crippen LogP contribution in [0.4, 0.5) is 5.69 Å². The maximum atomic E-state index is 12.2. The minimum Gasteiger partial charge on any atom is -0.324 e. The van der Waals surface area contributed by atoms with E-state index in [4.69, 9.17) is 23.2 Å². The van der Waals surface area contributed by atoms with E-state index in [1.807, 2.05) is 13.8 Å². The highest BCUT2D eigenvalue weighted by molar-refractivity contribution is 7.99. The number of halogens is 2. The van der Waals surface area contributed by atoms with Gasteiger partial charge >= 0.3 is 0 Å². The number of anilines is 1. The zero-order valence-corrected chi connectivity index (χ0v) is 16.4. The maximum Gasteiger partial charge on any atom is 0.260 e. The Labute approximate surface area is 161 Å². The number of rotatable bonds is 4. The highest BCUT2D eigenvalue weighted by atomic mass is 35.5. The molecule has 0 bridgehead atoms. The number of carbonyl (C=O) groups excluding carboxylic acids is 1. The zero-order valence-electron chi connectivity index (χ0n) is 13.3. The first-order valence-corrected chi connectivity index (χ1v) is 9.78. The van der Waals surface area contributed by atoms with Gasteiger partial charge in [-0.1, -0.05) is 35.0 Å². The van der Waals surface area contributed by atoms with Crippen LogP contribution in [0.5, 0.6) is 0 Å². The molecule has 1 aromatic carbocycles. The molecule has 2 aromatic heterocycles. The standard InChI is InChI=1S/C16H13Cl2N3O2S2/c1-7-8(2)25-15-13(7)14(23)20-16(21-15)24-6-12(22)19-11-4-3-9(17)5-10(11)18/h3-5H,6H2,1-2H3,(H,19,22)(H,20,21,23). The Morgan fingerprint density at radius 3 is 2.84 bits per heavy atom. The average Bonchev–Trinajstić information content (AvgIpc) is 2.83. The number of thiophene rings is 1. The summed E-state index contributed by atoms with van der Waals surface area (Å²) in [5.74, 6) is -0.160. The van der Waals surface area contributed by atoms with E-state index in [1.54, 1.807) is 18.2 Å². The fourth-order valence-corrected chi connectivity index (χ4v) is 4.42. The second-order valence-electron chi connectivity index (χ2n) is 5.30. The van der Waals surface area contributed by atoms with Crippen molar-refractivity contribution in [2.75, 3.05) is 11.1 Å². The number of H-pyrrole nitrogens is 1. The molecule has 0 fully saturated rings. The van der Waals surface area contributed by atoms with Crippen LogP contribution in [0.15, 0.2) is 28.2 Å². The van der Waals surface area contributed by atoms with Gasteiger partial charge in [-0.05, 0) is 37.6 Å². The Balaban J connectivity index is 1.72. The van der Waals surface area contributed by atoms with Crippen LogP contribution in [-0.2, 0) is 4.79 Å². The number of amides is 1. The molecule has 25 heavy (non-hydrogen) atoms. The molecular weight excluding hydrogens is 401 g/mol. The van der Waals surface area contributed by atoms with Gasteiger partial charge in [-0.15, -0.1) is 11.3 Å². The quantitative estimate of drug-likeness (QED) is 0.482. The molecule has 0 atom stereocenters. The molecule has 0 spiro atoms. The van der Waals surface area contributed by atoms with Crippen LogP contribution in [0.2, 0.25) is 10.0 Å². The Kier molecular flexibility index (Phi) is 5.38. The number of benzene rings is 1. The summed E-state index contributed by atoms with van der Waals surface area (Å²) in [5, 5.41) is 4.59. The number of fused-ring (bicyclic) bond motifs is 1. The monoisotopic (exact) mass is 413 g/mol. The summed E-state index contributed by atoms with van der Waals surface area (Å²) in [5.41, 5.74) is 1.24. The van der Waals surface area contributed by atoms with E-state index in [9.17, 15) is 9.59 Å². The summed E-state index contributed by atoms with van der Waals surface area (Å²) >= 11 is 14.5. The van der Waals surface area contributed by atoms with E-state index in [0.29, 0.717) is 31.1 Å². The van der Waals surface area contributed by atoms with Crippen LogP contribution in [0, 0.1) is 13.8 Å². The highest BCUT2D eigenvalue weighted by Gasteiger charge is 2.13. The van der Waals surface area contributed by atoms with Crippen molar-refractivity contribution in [3.8, 4) is 0 Å². The first-order chi connectivity index (χ1) is 11.8. The minimum atomic E-state index is -0.254. The number of hydrogen-bond acceptors (Lipinski definition) is 5. The van der Waals surface area contributed by atoms with Gasteiger partial charge in [-0.2, -0.15) is 0 Å². The molecular formula is C16H13Cl2N3O2S2. The topological polar surface area (TPSA) is 74.8 Å². The molecule has 0 aliphatic heterocycles. The second kappa shape index (κ2) is 7.37. The fourth-order valence-electron chi connectivity index (χ4n) is 2.21. The Morgan fingerprint density at radius 1 is 1.36 bits per heavy atom. The van der Waals surface area contributed by atoms with Gasteiger partial charge in [-0.3, -0.25) is 9.59 Å². The summed E-state index contributed by atoms with van der Waals surface area (Å²) in [7, 11) is 0. The number of aromatic nitrogens is 2. The van der Waals surface area contributed by atoms with Gasteiger partial charge in [0.25, 0.3) is 5.56 Å². The number of nitrogens with zero attached hydrogens (tertiary/aromatic N) is 1. The number of nitrogens with one attached hydrogen (secondary N) is 2. The SMILES string of the molecule is Cc1sc2nc(SCC(=O)Nc3ccc(Cl)cc3Cl)[nH]c(=O)c2c1C. The van der Waals surface area contributed by atoms with Gasteiger partial charge in [0, 0.05) is 9.90 Å². The van der Waals surface area contributed by atoms with E-state index >= 15 is 0 Å². The third kappa shape index (κ3) is 4.00. The molecule has 5 nitrogen and oxygen atoms in total. The Bertz CT molecular complexity index is 1030. The lowest BCUT2D eigenvalue weighted by Crippen LogP contribution is -2.15. The smallest absolute Gasteiger partial charge is 0.260 e. The number of carbonyl (C=O) groups is 1. The lowest BCUT2D eigenvalue weighted by atomic mass is 10.2. The molecule has 2 heterocycles. The van der Waals surface area contributed by atoms with Gasteiger partial charge in [0.15, 0.2) is 5.16 Å². The second-order valence-corrected chi connectivity index (χ2v) is 8.31. The van der Waals surface area contributed by atoms with Crippen LogP contribution in [-0.4, -0.2) is 21.6 Å². The molecule has 0 saturated carbocycles. The minimum absolute atomic E-state index is 0.0940. The predicted octanol–water partition coefficient (Wildman–Crippen LogP) is 4.64.